The maximum atomic E-state index is 13.1. The molecule has 2 amide bonds. The Morgan fingerprint density at radius 1 is 0.941 bits per heavy atom. The van der Waals surface area contributed by atoms with Gasteiger partial charge in [0.1, 0.15) is 17.3 Å². The zero-order valence-electron chi connectivity index (χ0n) is 18.7. The Labute approximate surface area is 196 Å². The van der Waals surface area contributed by atoms with E-state index in [1.807, 2.05) is 60.4 Å². The first-order valence-corrected chi connectivity index (χ1v) is 11.1. The molecule has 0 unspecified atom stereocenters. The maximum absolute atomic E-state index is 13.1. The highest BCUT2D eigenvalue weighted by Gasteiger charge is 2.25. The normalized spacial score (nSPS) is 12.8. The number of halogens is 1. The standard InChI is InChI=1S/C28H23FN2O3/c1-18-4-2-6-21(14-18)28(33)31-13-12-25-22(17-31)16-26(34-25)20-5-3-7-24(15-20)30-27(32)19-8-10-23(29)11-9-19/h2-11,14-16H,12-13,17H2,1H3,(H,30,32). The molecule has 1 aliphatic rings. The predicted molar refractivity (Wildman–Crippen MR) is 128 cm³/mol. The minimum absolute atomic E-state index is 0.0163. The van der Waals surface area contributed by atoms with Crippen LogP contribution in [0.25, 0.3) is 11.3 Å². The van der Waals surface area contributed by atoms with Crippen molar-refractivity contribution in [2.45, 2.75) is 19.9 Å². The number of hydrogen-bond donors (Lipinski definition) is 1. The first-order chi connectivity index (χ1) is 16.5. The fourth-order valence-electron chi connectivity index (χ4n) is 4.16. The van der Waals surface area contributed by atoms with E-state index in [1.54, 1.807) is 6.07 Å². The van der Waals surface area contributed by atoms with Gasteiger partial charge in [-0.1, -0.05) is 29.8 Å². The number of hydrogen-bond acceptors (Lipinski definition) is 3. The van der Waals surface area contributed by atoms with Gasteiger partial charge < -0.3 is 14.6 Å². The van der Waals surface area contributed by atoms with E-state index >= 15 is 0 Å². The van der Waals surface area contributed by atoms with Gasteiger partial charge in [-0.25, -0.2) is 4.39 Å². The summed E-state index contributed by atoms with van der Waals surface area (Å²) in [6.07, 6.45) is 0.647. The molecule has 0 saturated heterocycles. The second-order valence-corrected chi connectivity index (χ2v) is 8.45. The van der Waals surface area contributed by atoms with Crippen molar-refractivity contribution in [1.29, 1.82) is 0 Å². The lowest BCUT2D eigenvalue weighted by molar-refractivity contribution is 0.0729. The van der Waals surface area contributed by atoms with E-state index in [4.69, 9.17) is 4.42 Å². The Balaban J connectivity index is 1.32. The summed E-state index contributed by atoms with van der Waals surface area (Å²) in [5, 5.41) is 2.84. The van der Waals surface area contributed by atoms with Crippen LogP contribution in [0.1, 0.15) is 37.6 Å². The van der Waals surface area contributed by atoms with E-state index < -0.39 is 0 Å². The van der Waals surface area contributed by atoms with Crippen molar-refractivity contribution in [1.82, 2.24) is 4.90 Å². The molecular weight excluding hydrogens is 431 g/mol. The van der Waals surface area contributed by atoms with Gasteiger partial charge >= 0.3 is 0 Å². The Kier molecular flexibility index (Phi) is 5.72. The van der Waals surface area contributed by atoms with E-state index in [9.17, 15) is 14.0 Å². The highest BCUT2D eigenvalue weighted by Crippen LogP contribution is 2.31. The Bertz CT molecular complexity index is 1370. The number of nitrogens with one attached hydrogen (secondary N) is 1. The average molecular weight is 455 g/mol. The minimum Gasteiger partial charge on any atom is -0.461 e. The molecule has 1 N–H and O–H groups in total. The van der Waals surface area contributed by atoms with Crippen molar-refractivity contribution in [3.63, 3.8) is 0 Å². The highest BCUT2D eigenvalue weighted by atomic mass is 19.1. The molecule has 1 aromatic heterocycles. The van der Waals surface area contributed by atoms with E-state index in [0.29, 0.717) is 42.1 Å². The number of carbonyl (C=O) groups is 2. The zero-order chi connectivity index (χ0) is 23.7. The van der Waals surface area contributed by atoms with Crippen LogP contribution in [-0.2, 0) is 13.0 Å². The number of carbonyl (C=O) groups excluding carboxylic acids is 2. The van der Waals surface area contributed by atoms with Gasteiger partial charge in [0.25, 0.3) is 11.8 Å². The molecule has 0 saturated carbocycles. The summed E-state index contributed by atoms with van der Waals surface area (Å²) in [4.78, 5) is 27.3. The largest absolute Gasteiger partial charge is 0.461 e. The molecule has 3 aromatic carbocycles. The van der Waals surface area contributed by atoms with E-state index in [0.717, 1.165) is 22.5 Å². The van der Waals surface area contributed by atoms with Crippen molar-refractivity contribution >= 4 is 17.5 Å². The molecule has 34 heavy (non-hydrogen) atoms. The summed E-state index contributed by atoms with van der Waals surface area (Å²) in [5.41, 5.74) is 4.54. The summed E-state index contributed by atoms with van der Waals surface area (Å²) in [6, 6.07) is 22.4. The lowest BCUT2D eigenvalue weighted by Crippen LogP contribution is -2.35. The topological polar surface area (TPSA) is 62.6 Å². The molecule has 0 fully saturated rings. The fraction of sp³-hybridized carbons (Fsp3) is 0.143. The Morgan fingerprint density at radius 2 is 1.74 bits per heavy atom. The van der Waals surface area contributed by atoms with Gasteiger partial charge in [-0.05, 0) is 61.5 Å². The van der Waals surface area contributed by atoms with E-state index in [2.05, 4.69) is 5.32 Å². The summed E-state index contributed by atoms with van der Waals surface area (Å²) in [7, 11) is 0. The van der Waals surface area contributed by atoms with Crippen LogP contribution in [-0.4, -0.2) is 23.3 Å². The molecule has 0 spiro atoms. The number of benzene rings is 3. The second-order valence-electron chi connectivity index (χ2n) is 8.45. The summed E-state index contributed by atoms with van der Waals surface area (Å²) >= 11 is 0. The van der Waals surface area contributed by atoms with Gasteiger partial charge in [0.15, 0.2) is 0 Å². The molecule has 170 valence electrons. The zero-order valence-corrected chi connectivity index (χ0v) is 18.7. The van der Waals surface area contributed by atoms with Gasteiger partial charge in [0.2, 0.25) is 0 Å². The lowest BCUT2D eigenvalue weighted by Gasteiger charge is -2.26. The maximum Gasteiger partial charge on any atom is 0.255 e. The molecule has 5 nitrogen and oxygen atoms in total. The summed E-state index contributed by atoms with van der Waals surface area (Å²) in [6.45, 7) is 3.07. The smallest absolute Gasteiger partial charge is 0.255 e. The van der Waals surface area contributed by atoms with Crippen molar-refractivity contribution in [2.24, 2.45) is 0 Å². The second kappa shape index (κ2) is 8.98. The fourth-order valence-corrected chi connectivity index (χ4v) is 4.16. The minimum atomic E-state index is -0.389. The van der Waals surface area contributed by atoms with Crippen LogP contribution < -0.4 is 5.32 Å². The molecule has 0 atom stereocenters. The van der Waals surface area contributed by atoms with Crippen LogP contribution in [0.4, 0.5) is 10.1 Å². The van der Waals surface area contributed by atoms with Crippen molar-refractivity contribution in [2.75, 3.05) is 11.9 Å². The van der Waals surface area contributed by atoms with Crippen LogP contribution in [0, 0.1) is 12.7 Å². The third-order valence-electron chi connectivity index (χ3n) is 5.93. The van der Waals surface area contributed by atoms with Crippen LogP contribution in [0.3, 0.4) is 0 Å². The number of fused-ring (bicyclic) bond motifs is 1. The third-order valence-corrected chi connectivity index (χ3v) is 5.93. The summed E-state index contributed by atoms with van der Waals surface area (Å²) in [5.74, 6) is 0.875. The predicted octanol–water partition coefficient (Wildman–Crippen LogP) is 5.84. The van der Waals surface area contributed by atoms with E-state index in [1.165, 1.54) is 24.3 Å². The average Bonchev–Trinajstić information content (AvgIpc) is 3.28. The van der Waals surface area contributed by atoms with Gasteiger partial charge in [0, 0.05) is 47.5 Å². The molecule has 0 radical (unpaired) electrons. The molecule has 0 aliphatic carbocycles. The number of aryl methyl sites for hydroxylation is 1. The number of furan rings is 1. The van der Waals surface area contributed by atoms with Crippen molar-refractivity contribution < 1.29 is 18.4 Å². The van der Waals surface area contributed by atoms with Crippen LogP contribution in [0.2, 0.25) is 0 Å². The molecule has 0 bridgehead atoms. The molecule has 6 heteroatoms. The van der Waals surface area contributed by atoms with Crippen molar-refractivity contribution in [3.05, 3.63) is 113 Å². The molecule has 5 rings (SSSR count). The SMILES string of the molecule is Cc1cccc(C(=O)N2CCc3oc(-c4cccc(NC(=O)c5ccc(F)cc5)c4)cc3C2)c1. The molecule has 1 aliphatic heterocycles. The van der Waals surface area contributed by atoms with Gasteiger partial charge in [0.05, 0.1) is 0 Å². The third kappa shape index (κ3) is 4.48. The molecule has 4 aromatic rings. The number of nitrogens with zero attached hydrogens (tertiary/aromatic N) is 1. The van der Waals surface area contributed by atoms with Crippen LogP contribution in [0.5, 0.6) is 0 Å². The monoisotopic (exact) mass is 454 g/mol. The van der Waals surface area contributed by atoms with Crippen molar-refractivity contribution in [3.8, 4) is 11.3 Å². The van der Waals surface area contributed by atoms with Crippen LogP contribution >= 0.6 is 0 Å². The number of amides is 2. The molecule has 2 heterocycles. The van der Waals surface area contributed by atoms with Gasteiger partial charge in [-0.2, -0.15) is 0 Å². The Morgan fingerprint density at radius 3 is 2.53 bits per heavy atom. The summed E-state index contributed by atoms with van der Waals surface area (Å²) < 4.78 is 19.2. The van der Waals surface area contributed by atoms with Crippen LogP contribution in [0.15, 0.2) is 83.3 Å². The highest BCUT2D eigenvalue weighted by molar-refractivity contribution is 6.04. The number of rotatable bonds is 4. The first kappa shape index (κ1) is 21.6. The number of anilines is 1. The molecular formula is C28H23FN2O3. The quantitative estimate of drug-likeness (QED) is 0.421. The Hall–Kier alpha value is -4.19. The van der Waals surface area contributed by atoms with E-state index in [-0.39, 0.29) is 17.6 Å². The van der Waals surface area contributed by atoms with Gasteiger partial charge in [-0.15, -0.1) is 0 Å². The first-order valence-electron chi connectivity index (χ1n) is 11.1. The van der Waals surface area contributed by atoms with Gasteiger partial charge in [-0.3, -0.25) is 9.59 Å². The lowest BCUT2D eigenvalue weighted by atomic mass is 10.1.